The van der Waals surface area contributed by atoms with E-state index in [-0.39, 0.29) is 23.3 Å². The van der Waals surface area contributed by atoms with Crippen LogP contribution in [0, 0.1) is 5.92 Å². The fourth-order valence-electron chi connectivity index (χ4n) is 3.69. The second kappa shape index (κ2) is 7.18. The molecule has 0 radical (unpaired) electrons. The van der Waals surface area contributed by atoms with Crippen LogP contribution in [0.4, 0.5) is 0 Å². The lowest BCUT2D eigenvalue weighted by Crippen LogP contribution is -2.43. The lowest BCUT2D eigenvalue weighted by molar-refractivity contribution is -0.131. The number of aryl methyl sites for hydroxylation is 1. The lowest BCUT2D eigenvalue weighted by Gasteiger charge is -2.32. The molecule has 1 aromatic heterocycles. The topological polar surface area (TPSA) is 58.4 Å². The van der Waals surface area contributed by atoms with Crippen LogP contribution in [-0.2, 0) is 11.8 Å². The molecule has 0 spiro atoms. The first-order valence-electron chi connectivity index (χ1n) is 9.29. The highest BCUT2D eigenvalue weighted by Gasteiger charge is 2.36. The van der Waals surface area contributed by atoms with Crippen molar-refractivity contribution in [3.05, 3.63) is 42.4 Å². The quantitative estimate of drug-likeness (QED) is 0.834. The van der Waals surface area contributed by atoms with Gasteiger partial charge in [0.25, 0.3) is 5.91 Å². The smallest absolute Gasteiger partial charge is 0.253 e. The van der Waals surface area contributed by atoms with Crippen LogP contribution in [0.3, 0.4) is 0 Å². The van der Waals surface area contributed by atoms with Crippen molar-refractivity contribution >= 4 is 11.8 Å². The van der Waals surface area contributed by atoms with Gasteiger partial charge in [0.05, 0.1) is 18.2 Å². The summed E-state index contributed by atoms with van der Waals surface area (Å²) in [6, 6.07) is 7.60. The molecule has 144 valence electrons. The molecule has 0 aliphatic carbocycles. The highest BCUT2D eigenvalue weighted by atomic mass is 16.2. The fourth-order valence-corrected chi connectivity index (χ4v) is 3.69. The van der Waals surface area contributed by atoms with Crippen molar-refractivity contribution in [3.63, 3.8) is 0 Å². The van der Waals surface area contributed by atoms with Crippen molar-refractivity contribution < 1.29 is 9.59 Å². The maximum absolute atomic E-state index is 12.9. The predicted octanol–water partition coefficient (Wildman–Crippen LogP) is 2.81. The summed E-state index contributed by atoms with van der Waals surface area (Å²) in [5.74, 6) is 0.318. The summed E-state index contributed by atoms with van der Waals surface area (Å²) in [5, 5.41) is 0. The molecular formula is C21H28N4O2. The molecule has 0 saturated carbocycles. The Kier molecular flexibility index (Phi) is 5.09. The van der Waals surface area contributed by atoms with Gasteiger partial charge in [0.2, 0.25) is 5.91 Å². The van der Waals surface area contributed by atoms with Gasteiger partial charge in [-0.1, -0.05) is 12.1 Å². The highest BCUT2D eigenvalue weighted by Crippen LogP contribution is 2.27. The zero-order chi connectivity index (χ0) is 19.8. The van der Waals surface area contributed by atoms with Crippen LogP contribution in [0.25, 0.3) is 11.3 Å². The summed E-state index contributed by atoms with van der Waals surface area (Å²) in [7, 11) is 3.74. The van der Waals surface area contributed by atoms with E-state index in [1.807, 2.05) is 68.6 Å². The minimum atomic E-state index is -0.175. The minimum absolute atomic E-state index is 0.0272. The van der Waals surface area contributed by atoms with Gasteiger partial charge < -0.3 is 14.4 Å². The molecule has 1 aliphatic heterocycles. The Bertz CT molecular complexity index is 850. The third-order valence-corrected chi connectivity index (χ3v) is 5.12. The molecule has 1 aliphatic rings. The molecule has 2 amide bonds. The first-order chi connectivity index (χ1) is 12.7. The summed E-state index contributed by atoms with van der Waals surface area (Å²) in [6.45, 7) is 7.42. The van der Waals surface area contributed by atoms with Crippen LogP contribution in [0.5, 0.6) is 0 Å². The van der Waals surface area contributed by atoms with Gasteiger partial charge in [-0.25, -0.2) is 4.98 Å². The number of aromatic nitrogens is 2. The molecule has 0 N–H and O–H groups in total. The standard InChI is InChI=1S/C21H28N4O2/c1-21(2,3)25-13-15(9-19(25)26)12-23(4)20(27)17-8-6-7-16(10-17)18-11-22-14-24(18)5/h6-8,10-11,14-15H,9,12-13H2,1-5H3. The summed E-state index contributed by atoms with van der Waals surface area (Å²) in [6.07, 6.45) is 4.04. The zero-order valence-corrected chi connectivity index (χ0v) is 16.8. The number of hydrogen-bond donors (Lipinski definition) is 0. The second-order valence-electron chi connectivity index (χ2n) is 8.40. The monoisotopic (exact) mass is 368 g/mol. The molecule has 1 aromatic carbocycles. The first kappa shape index (κ1) is 19.1. The van der Waals surface area contributed by atoms with Crippen molar-refractivity contribution in [1.29, 1.82) is 0 Å². The van der Waals surface area contributed by atoms with Gasteiger partial charge in [0.15, 0.2) is 0 Å². The number of amides is 2. The highest BCUT2D eigenvalue weighted by molar-refractivity contribution is 5.95. The Labute approximate surface area is 160 Å². The van der Waals surface area contributed by atoms with Gasteiger partial charge in [-0.3, -0.25) is 9.59 Å². The molecule has 1 saturated heterocycles. The van der Waals surface area contributed by atoms with Crippen LogP contribution in [0.15, 0.2) is 36.8 Å². The number of nitrogens with zero attached hydrogens (tertiary/aromatic N) is 4. The van der Waals surface area contributed by atoms with Gasteiger partial charge in [-0.05, 0) is 32.9 Å². The third kappa shape index (κ3) is 4.04. The second-order valence-corrected chi connectivity index (χ2v) is 8.40. The summed E-state index contributed by atoms with van der Waals surface area (Å²) >= 11 is 0. The fraction of sp³-hybridized carbons (Fsp3) is 0.476. The molecule has 1 unspecified atom stereocenters. The molecule has 1 atom stereocenters. The van der Waals surface area contributed by atoms with Crippen molar-refractivity contribution in [3.8, 4) is 11.3 Å². The van der Waals surface area contributed by atoms with E-state index in [0.29, 0.717) is 25.1 Å². The number of carbonyl (C=O) groups is 2. The number of hydrogen-bond acceptors (Lipinski definition) is 3. The van der Waals surface area contributed by atoms with Crippen molar-refractivity contribution in [2.45, 2.75) is 32.7 Å². The van der Waals surface area contributed by atoms with E-state index >= 15 is 0 Å². The molecule has 6 heteroatoms. The number of imidazole rings is 1. The van der Waals surface area contributed by atoms with Gasteiger partial charge in [0, 0.05) is 56.2 Å². The molecule has 2 heterocycles. The Hall–Kier alpha value is -2.63. The molecular weight excluding hydrogens is 340 g/mol. The SMILES string of the molecule is CN(CC1CC(=O)N(C(C)(C)C)C1)C(=O)c1cccc(-c2cncn2C)c1. The zero-order valence-electron chi connectivity index (χ0n) is 16.8. The van der Waals surface area contributed by atoms with Gasteiger partial charge >= 0.3 is 0 Å². The molecule has 27 heavy (non-hydrogen) atoms. The van der Waals surface area contributed by atoms with E-state index in [1.165, 1.54) is 0 Å². The number of carbonyl (C=O) groups excluding carboxylic acids is 2. The average molecular weight is 368 g/mol. The average Bonchev–Trinajstić information content (AvgIpc) is 3.19. The van der Waals surface area contributed by atoms with Crippen LogP contribution in [0.2, 0.25) is 0 Å². The van der Waals surface area contributed by atoms with Crippen molar-refractivity contribution in [1.82, 2.24) is 19.4 Å². The number of rotatable bonds is 4. The Morgan fingerprint density at radius 1 is 1.33 bits per heavy atom. The molecule has 1 fully saturated rings. The largest absolute Gasteiger partial charge is 0.341 e. The third-order valence-electron chi connectivity index (χ3n) is 5.12. The van der Waals surface area contributed by atoms with Crippen LogP contribution in [-0.4, -0.2) is 56.8 Å². The maximum Gasteiger partial charge on any atom is 0.253 e. The Morgan fingerprint density at radius 3 is 2.67 bits per heavy atom. The number of likely N-dealkylation sites (tertiary alicyclic amines) is 1. The predicted molar refractivity (Wildman–Crippen MR) is 105 cm³/mol. The maximum atomic E-state index is 12.9. The molecule has 3 rings (SSSR count). The van der Waals surface area contributed by atoms with Gasteiger partial charge in [-0.2, -0.15) is 0 Å². The lowest BCUT2D eigenvalue weighted by atomic mass is 10.1. The summed E-state index contributed by atoms with van der Waals surface area (Å²) in [5.41, 5.74) is 2.40. The molecule has 6 nitrogen and oxygen atoms in total. The normalized spacial score (nSPS) is 17.4. The van der Waals surface area contributed by atoms with Crippen LogP contribution < -0.4 is 0 Å². The van der Waals surface area contributed by atoms with E-state index in [4.69, 9.17) is 0 Å². The van der Waals surface area contributed by atoms with Crippen LogP contribution >= 0.6 is 0 Å². The summed E-state index contributed by atoms with van der Waals surface area (Å²) < 4.78 is 1.93. The first-order valence-corrected chi connectivity index (χ1v) is 9.29. The van der Waals surface area contributed by atoms with E-state index in [1.54, 1.807) is 17.4 Å². The Balaban J connectivity index is 1.70. The Morgan fingerprint density at radius 2 is 2.07 bits per heavy atom. The summed E-state index contributed by atoms with van der Waals surface area (Å²) in [4.78, 5) is 33.0. The van der Waals surface area contributed by atoms with Crippen molar-refractivity contribution in [2.24, 2.45) is 13.0 Å². The van der Waals surface area contributed by atoms with E-state index < -0.39 is 0 Å². The minimum Gasteiger partial charge on any atom is -0.341 e. The van der Waals surface area contributed by atoms with E-state index in [2.05, 4.69) is 4.98 Å². The van der Waals surface area contributed by atoms with Crippen LogP contribution in [0.1, 0.15) is 37.6 Å². The van der Waals surface area contributed by atoms with Gasteiger partial charge in [-0.15, -0.1) is 0 Å². The van der Waals surface area contributed by atoms with Gasteiger partial charge in [0.1, 0.15) is 0 Å². The molecule has 2 aromatic rings. The molecule has 0 bridgehead atoms. The number of benzene rings is 1. The van der Waals surface area contributed by atoms with Crippen molar-refractivity contribution in [2.75, 3.05) is 20.1 Å². The van der Waals surface area contributed by atoms with E-state index in [0.717, 1.165) is 11.3 Å². The van der Waals surface area contributed by atoms with E-state index in [9.17, 15) is 9.59 Å².